The van der Waals surface area contributed by atoms with Crippen LogP contribution in [0.15, 0.2) is 42.7 Å². The predicted molar refractivity (Wildman–Crippen MR) is 69.6 cm³/mol. The summed E-state index contributed by atoms with van der Waals surface area (Å²) in [5.74, 6) is 5.60. The molecule has 3 nitrogen and oxygen atoms in total. The molecule has 0 amide bonds. The Labute approximate surface area is 106 Å². The Bertz CT molecular complexity index is 499. The van der Waals surface area contributed by atoms with E-state index in [1.165, 1.54) is 0 Å². The highest BCUT2D eigenvalue weighted by atomic mass is 35.5. The Morgan fingerprint density at radius 2 is 2.12 bits per heavy atom. The van der Waals surface area contributed by atoms with Crippen LogP contribution in [0.3, 0.4) is 0 Å². The maximum atomic E-state index is 6.12. The maximum absolute atomic E-state index is 6.12. The number of hydrazine groups is 1. The highest BCUT2D eigenvalue weighted by molar-refractivity contribution is 6.31. The normalized spacial score (nSPS) is 12.4. The van der Waals surface area contributed by atoms with Crippen molar-refractivity contribution < 1.29 is 0 Å². The third-order valence-corrected chi connectivity index (χ3v) is 3.12. The van der Waals surface area contributed by atoms with Crippen LogP contribution in [-0.2, 0) is 0 Å². The molecule has 0 aliphatic heterocycles. The van der Waals surface area contributed by atoms with E-state index in [-0.39, 0.29) is 6.04 Å². The fourth-order valence-electron chi connectivity index (χ4n) is 1.72. The van der Waals surface area contributed by atoms with Crippen LogP contribution in [0.4, 0.5) is 0 Å². The summed E-state index contributed by atoms with van der Waals surface area (Å²) < 4.78 is 0. The van der Waals surface area contributed by atoms with Crippen LogP contribution >= 0.6 is 11.6 Å². The first-order chi connectivity index (χ1) is 8.22. The highest BCUT2D eigenvalue weighted by Gasteiger charge is 2.13. The van der Waals surface area contributed by atoms with Gasteiger partial charge in [0.25, 0.3) is 0 Å². The van der Waals surface area contributed by atoms with Gasteiger partial charge in [0.15, 0.2) is 0 Å². The minimum Gasteiger partial charge on any atom is -0.271 e. The highest BCUT2D eigenvalue weighted by Crippen LogP contribution is 2.25. The number of pyridine rings is 1. The first-order valence-electron chi connectivity index (χ1n) is 5.34. The van der Waals surface area contributed by atoms with Crippen molar-refractivity contribution in [3.8, 4) is 0 Å². The molecule has 1 aromatic carbocycles. The van der Waals surface area contributed by atoms with Gasteiger partial charge in [0.2, 0.25) is 0 Å². The third-order valence-electron chi connectivity index (χ3n) is 2.71. The number of rotatable bonds is 3. The van der Waals surface area contributed by atoms with Gasteiger partial charge in [-0.05, 0) is 35.7 Å². The summed E-state index contributed by atoms with van der Waals surface area (Å²) in [4.78, 5) is 4.09. The summed E-state index contributed by atoms with van der Waals surface area (Å²) >= 11 is 6.12. The third kappa shape index (κ3) is 2.64. The number of aromatic nitrogens is 1. The zero-order chi connectivity index (χ0) is 12.3. The number of benzene rings is 1. The van der Waals surface area contributed by atoms with Crippen molar-refractivity contribution in [1.29, 1.82) is 0 Å². The van der Waals surface area contributed by atoms with E-state index in [2.05, 4.69) is 10.4 Å². The summed E-state index contributed by atoms with van der Waals surface area (Å²) in [5, 5.41) is 0.742. The molecule has 2 rings (SSSR count). The van der Waals surface area contributed by atoms with Crippen LogP contribution in [0, 0.1) is 6.92 Å². The second kappa shape index (κ2) is 5.27. The van der Waals surface area contributed by atoms with Crippen LogP contribution < -0.4 is 11.3 Å². The minimum atomic E-state index is -0.0956. The Hall–Kier alpha value is -1.42. The van der Waals surface area contributed by atoms with E-state index in [0.29, 0.717) is 0 Å². The van der Waals surface area contributed by atoms with Crippen molar-refractivity contribution in [2.45, 2.75) is 13.0 Å². The summed E-state index contributed by atoms with van der Waals surface area (Å²) in [5.41, 5.74) is 5.87. The van der Waals surface area contributed by atoms with Gasteiger partial charge in [0, 0.05) is 17.4 Å². The average molecular weight is 248 g/mol. The molecule has 88 valence electrons. The number of nitrogens with one attached hydrogen (secondary N) is 1. The van der Waals surface area contributed by atoms with Crippen LogP contribution in [-0.4, -0.2) is 4.98 Å². The standard InChI is InChI=1S/C13H14ClN3/c1-9-4-5-10(7-12(9)14)13(17-15)11-3-2-6-16-8-11/h2-8,13,17H,15H2,1H3. The lowest BCUT2D eigenvalue weighted by atomic mass is 10.00. The predicted octanol–water partition coefficient (Wildman–Crippen LogP) is 2.60. The second-order valence-corrected chi connectivity index (χ2v) is 4.30. The van der Waals surface area contributed by atoms with Gasteiger partial charge in [0.1, 0.15) is 0 Å². The van der Waals surface area contributed by atoms with Crippen molar-refractivity contribution in [3.05, 3.63) is 64.4 Å². The van der Waals surface area contributed by atoms with Crippen LogP contribution in [0.5, 0.6) is 0 Å². The smallest absolute Gasteiger partial charge is 0.0725 e. The Morgan fingerprint density at radius 1 is 1.29 bits per heavy atom. The van der Waals surface area contributed by atoms with E-state index in [0.717, 1.165) is 21.7 Å². The molecule has 0 radical (unpaired) electrons. The van der Waals surface area contributed by atoms with Gasteiger partial charge >= 0.3 is 0 Å². The first kappa shape index (κ1) is 12.0. The molecule has 1 atom stereocenters. The molecule has 1 unspecified atom stereocenters. The average Bonchev–Trinajstić information content (AvgIpc) is 2.36. The molecule has 0 spiro atoms. The SMILES string of the molecule is Cc1ccc(C(NN)c2cccnc2)cc1Cl. The molecule has 0 aliphatic rings. The number of hydrogen-bond donors (Lipinski definition) is 2. The molecule has 0 saturated carbocycles. The van der Waals surface area contributed by atoms with E-state index in [1.54, 1.807) is 12.4 Å². The van der Waals surface area contributed by atoms with Gasteiger partial charge < -0.3 is 0 Å². The van der Waals surface area contributed by atoms with E-state index in [9.17, 15) is 0 Å². The van der Waals surface area contributed by atoms with E-state index in [4.69, 9.17) is 17.4 Å². The van der Waals surface area contributed by atoms with Crippen molar-refractivity contribution in [3.63, 3.8) is 0 Å². The van der Waals surface area contributed by atoms with E-state index >= 15 is 0 Å². The molecule has 1 aromatic heterocycles. The van der Waals surface area contributed by atoms with Gasteiger partial charge in [-0.25, -0.2) is 5.43 Å². The fraction of sp³-hybridized carbons (Fsp3) is 0.154. The number of aryl methyl sites for hydroxylation is 1. The summed E-state index contributed by atoms with van der Waals surface area (Å²) in [6.45, 7) is 1.97. The Kier molecular flexibility index (Phi) is 3.74. The number of nitrogens with zero attached hydrogens (tertiary/aromatic N) is 1. The van der Waals surface area contributed by atoms with Gasteiger partial charge in [-0.2, -0.15) is 0 Å². The molecular weight excluding hydrogens is 234 g/mol. The number of hydrogen-bond acceptors (Lipinski definition) is 3. The molecular formula is C13H14ClN3. The van der Waals surface area contributed by atoms with Gasteiger partial charge in [-0.15, -0.1) is 0 Å². The molecule has 1 heterocycles. The zero-order valence-electron chi connectivity index (χ0n) is 9.52. The maximum Gasteiger partial charge on any atom is 0.0725 e. The fourth-order valence-corrected chi connectivity index (χ4v) is 1.91. The molecule has 4 heteroatoms. The van der Waals surface area contributed by atoms with Crippen molar-refractivity contribution in [2.75, 3.05) is 0 Å². The molecule has 2 aromatic rings. The van der Waals surface area contributed by atoms with Gasteiger partial charge in [-0.3, -0.25) is 10.8 Å². The Balaban J connectivity index is 2.39. The van der Waals surface area contributed by atoms with Crippen molar-refractivity contribution >= 4 is 11.6 Å². The molecule has 3 N–H and O–H groups in total. The quantitative estimate of drug-likeness (QED) is 0.648. The van der Waals surface area contributed by atoms with Crippen LogP contribution in [0.2, 0.25) is 5.02 Å². The molecule has 0 aliphatic carbocycles. The van der Waals surface area contributed by atoms with E-state index < -0.39 is 0 Å². The van der Waals surface area contributed by atoms with Crippen molar-refractivity contribution in [1.82, 2.24) is 10.4 Å². The lowest BCUT2D eigenvalue weighted by molar-refractivity contribution is 0.634. The summed E-state index contributed by atoms with van der Waals surface area (Å²) in [6.07, 6.45) is 3.53. The lowest BCUT2D eigenvalue weighted by Crippen LogP contribution is -2.28. The van der Waals surface area contributed by atoms with Gasteiger partial charge in [-0.1, -0.05) is 29.8 Å². The first-order valence-corrected chi connectivity index (χ1v) is 5.72. The van der Waals surface area contributed by atoms with Crippen LogP contribution in [0.1, 0.15) is 22.7 Å². The van der Waals surface area contributed by atoms with Crippen LogP contribution in [0.25, 0.3) is 0 Å². The van der Waals surface area contributed by atoms with E-state index in [1.807, 2.05) is 37.3 Å². The van der Waals surface area contributed by atoms with Crippen molar-refractivity contribution in [2.24, 2.45) is 5.84 Å². The number of nitrogens with two attached hydrogens (primary N) is 1. The summed E-state index contributed by atoms with van der Waals surface area (Å²) in [7, 11) is 0. The number of halogens is 1. The zero-order valence-corrected chi connectivity index (χ0v) is 10.3. The largest absolute Gasteiger partial charge is 0.271 e. The van der Waals surface area contributed by atoms with Gasteiger partial charge in [0.05, 0.1) is 6.04 Å². The molecule has 0 fully saturated rings. The monoisotopic (exact) mass is 247 g/mol. The molecule has 17 heavy (non-hydrogen) atoms. The molecule has 0 bridgehead atoms. The molecule has 0 saturated heterocycles. The lowest BCUT2D eigenvalue weighted by Gasteiger charge is -2.17. The Morgan fingerprint density at radius 3 is 2.71 bits per heavy atom. The minimum absolute atomic E-state index is 0.0956. The summed E-state index contributed by atoms with van der Waals surface area (Å²) in [6, 6.07) is 9.69. The topological polar surface area (TPSA) is 50.9 Å². The second-order valence-electron chi connectivity index (χ2n) is 3.89.